The van der Waals surface area contributed by atoms with Crippen molar-refractivity contribution < 1.29 is 17.6 Å². The van der Waals surface area contributed by atoms with Crippen LogP contribution in [0.1, 0.15) is 24.3 Å². The molecule has 0 amide bonds. The topological polar surface area (TPSA) is 12.0 Å². The van der Waals surface area contributed by atoms with Crippen molar-refractivity contribution in [2.75, 3.05) is 5.32 Å². The maximum absolute atomic E-state index is 13.5. The minimum Gasteiger partial charge on any atom is -0.378 e. The summed E-state index contributed by atoms with van der Waals surface area (Å²) in [5.41, 5.74) is 0.576. The molecule has 2 aromatic rings. The molecule has 0 atom stereocenters. The van der Waals surface area contributed by atoms with Crippen LogP contribution in [-0.4, -0.2) is 6.04 Å². The molecule has 2 aromatic carbocycles. The third-order valence-electron chi connectivity index (χ3n) is 3.81. The highest BCUT2D eigenvalue weighted by molar-refractivity contribution is 5.48. The zero-order chi connectivity index (χ0) is 15.0. The first-order chi connectivity index (χ1) is 10.0. The Hall–Kier alpha value is -2.04. The first kappa shape index (κ1) is 13.9. The number of rotatable bonds is 3. The summed E-state index contributed by atoms with van der Waals surface area (Å²) in [6.07, 6.45) is 1.30. The second-order valence-corrected chi connectivity index (χ2v) is 5.31. The molecule has 1 N–H and O–H groups in total. The van der Waals surface area contributed by atoms with E-state index in [1.807, 2.05) is 6.07 Å². The number of nitrogens with one attached hydrogen (secondary N) is 1. The van der Waals surface area contributed by atoms with Gasteiger partial charge in [-0.05, 0) is 36.5 Å². The van der Waals surface area contributed by atoms with Gasteiger partial charge in [-0.2, -0.15) is 0 Å². The van der Waals surface area contributed by atoms with Crippen molar-refractivity contribution in [2.24, 2.45) is 0 Å². The number of benzene rings is 2. The van der Waals surface area contributed by atoms with Gasteiger partial charge in [0.05, 0.1) is 0 Å². The smallest absolute Gasteiger partial charge is 0.152 e. The van der Waals surface area contributed by atoms with Crippen molar-refractivity contribution in [3.05, 3.63) is 65.2 Å². The van der Waals surface area contributed by atoms with E-state index in [1.165, 1.54) is 12.1 Å². The van der Waals surface area contributed by atoms with Crippen molar-refractivity contribution in [1.29, 1.82) is 0 Å². The van der Waals surface area contributed by atoms with Crippen LogP contribution in [-0.2, 0) is 0 Å². The maximum Gasteiger partial charge on any atom is 0.152 e. The highest BCUT2D eigenvalue weighted by Crippen LogP contribution is 2.39. The van der Waals surface area contributed by atoms with E-state index >= 15 is 0 Å². The summed E-state index contributed by atoms with van der Waals surface area (Å²) in [7, 11) is 0. The standard InChI is InChI=1S/C16H13F4N/c17-11-3-1-2-9(4-11)10-5-13(6-10)21-16-14(19)7-12(18)8-15(16)20/h1-4,7-8,10,13,21H,5-6H2. The van der Waals surface area contributed by atoms with E-state index in [0.717, 1.165) is 5.56 Å². The molecule has 5 heteroatoms. The molecule has 0 radical (unpaired) electrons. The van der Waals surface area contributed by atoms with Crippen LogP contribution < -0.4 is 5.32 Å². The van der Waals surface area contributed by atoms with Gasteiger partial charge in [-0.1, -0.05) is 12.1 Å². The normalized spacial score (nSPS) is 21.0. The Labute approximate surface area is 119 Å². The third-order valence-corrected chi connectivity index (χ3v) is 3.81. The highest BCUT2D eigenvalue weighted by atomic mass is 19.1. The number of hydrogen-bond donors (Lipinski definition) is 1. The zero-order valence-corrected chi connectivity index (χ0v) is 11.0. The van der Waals surface area contributed by atoms with Gasteiger partial charge in [0.25, 0.3) is 0 Å². The lowest BCUT2D eigenvalue weighted by molar-refractivity contribution is 0.370. The van der Waals surface area contributed by atoms with E-state index in [4.69, 9.17) is 0 Å². The summed E-state index contributed by atoms with van der Waals surface area (Å²) >= 11 is 0. The molecule has 0 heterocycles. The van der Waals surface area contributed by atoms with E-state index in [1.54, 1.807) is 6.07 Å². The van der Waals surface area contributed by atoms with Gasteiger partial charge >= 0.3 is 0 Å². The lowest BCUT2D eigenvalue weighted by atomic mass is 9.76. The first-order valence-corrected chi connectivity index (χ1v) is 6.69. The van der Waals surface area contributed by atoms with Crippen molar-refractivity contribution >= 4 is 5.69 Å². The van der Waals surface area contributed by atoms with Crippen LogP contribution in [0.4, 0.5) is 23.2 Å². The average molecular weight is 295 g/mol. The molecule has 0 bridgehead atoms. The van der Waals surface area contributed by atoms with Crippen molar-refractivity contribution in [3.8, 4) is 0 Å². The predicted octanol–water partition coefficient (Wildman–Crippen LogP) is 4.60. The van der Waals surface area contributed by atoms with Crippen LogP contribution in [0.2, 0.25) is 0 Å². The monoisotopic (exact) mass is 295 g/mol. The quantitative estimate of drug-likeness (QED) is 0.816. The van der Waals surface area contributed by atoms with Crippen molar-refractivity contribution in [2.45, 2.75) is 24.8 Å². The van der Waals surface area contributed by atoms with Gasteiger partial charge in [-0.3, -0.25) is 0 Å². The molecule has 21 heavy (non-hydrogen) atoms. The molecule has 0 unspecified atom stereocenters. The van der Waals surface area contributed by atoms with E-state index in [0.29, 0.717) is 25.0 Å². The Balaban J connectivity index is 1.65. The minimum absolute atomic E-state index is 0.104. The van der Waals surface area contributed by atoms with E-state index < -0.39 is 17.5 Å². The molecule has 3 rings (SSSR count). The van der Waals surface area contributed by atoms with Crippen molar-refractivity contribution in [3.63, 3.8) is 0 Å². The summed E-state index contributed by atoms with van der Waals surface area (Å²) in [6, 6.07) is 7.52. The summed E-state index contributed by atoms with van der Waals surface area (Å²) in [5, 5.41) is 2.75. The minimum atomic E-state index is -0.943. The van der Waals surface area contributed by atoms with Crippen LogP contribution in [0.15, 0.2) is 36.4 Å². The van der Waals surface area contributed by atoms with Gasteiger partial charge in [0.2, 0.25) is 0 Å². The molecule has 1 fully saturated rings. The molecular formula is C16H13F4N. The van der Waals surface area contributed by atoms with Crippen molar-refractivity contribution in [1.82, 2.24) is 0 Å². The molecule has 0 aromatic heterocycles. The van der Waals surface area contributed by atoms with Gasteiger partial charge in [-0.15, -0.1) is 0 Å². The van der Waals surface area contributed by atoms with Gasteiger partial charge in [0.15, 0.2) is 11.6 Å². The van der Waals surface area contributed by atoms with Crippen LogP contribution in [0.5, 0.6) is 0 Å². The SMILES string of the molecule is Fc1cccc(C2CC(Nc3c(F)cc(F)cc3F)C2)c1. The van der Waals surface area contributed by atoms with Crippen LogP contribution >= 0.6 is 0 Å². The van der Waals surface area contributed by atoms with Gasteiger partial charge < -0.3 is 5.32 Å². The molecule has 110 valence electrons. The fourth-order valence-electron chi connectivity index (χ4n) is 2.65. The van der Waals surface area contributed by atoms with Gasteiger partial charge in [0, 0.05) is 18.2 Å². The Morgan fingerprint density at radius 3 is 2.14 bits per heavy atom. The molecular weight excluding hydrogens is 282 g/mol. The largest absolute Gasteiger partial charge is 0.378 e. The van der Waals surface area contributed by atoms with E-state index in [-0.39, 0.29) is 23.5 Å². The molecule has 1 saturated carbocycles. The van der Waals surface area contributed by atoms with Gasteiger partial charge in [-0.25, -0.2) is 17.6 Å². The fourth-order valence-corrected chi connectivity index (χ4v) is 2.65. The lowest BCUT2D eigenvalue weighted by Gasteiger charge is -2.37. The Kier molecular flexibility index (Phi) is 3.57. The Morgan fingerprint density at radius 1 is 0.857 bits per heavy atom. The molecule has 1 aliphatic carbocycles. The molecule has 0 aliphatic heterocycles. The number of anilines is 1. The Morgan fingerprint density at radius 2 is 1.52 bits per heavy atom. The highest BCUT2D eigenvalue weighted by Gasteiger charge is 2.31. The lowest BCUT2D eigenvalue weighted by Crippen LogP contribution is -2.34. The second-order valence-electron chi connectivity index (χ2n) is 5.31. The molecule has 1 aliphatic rings. The van der Waals surface area contributed by atoms with E-state index in [2.05, 4.69) is 5.32 Å². The van der Waals surface area contributed by atoms with Gasteiger partial charge in [0.1, 0.15) is 17.3 Å². The summed E-state index contributed by atoms with van der Waals surface area (Å²) in [5.74, 6) is -2.95. The molecule has 1 nitrogen and oxygen atoms in total. The summed E-state index contributed by atoms with van der Waals surface area (Å²) < 4.78 is 53.0. The van der Waals surface area contributed by atoms with Crippen LogP contribution in [0.3, 0.4) is 0 Å². The summed E-state index contributed by atoms with van der Waals surface area (Å²) in [4.78, 5) is 0. The number of halogens is 4. The van der Waals surface area contributed by atoms with Crippen LogP contribution in [0, 0.1) is 23.3 Å². The predicted molar refractivity (Wildman–Crippen MR) is 72.1 cm³/mol. The number of hydrogen-bond acceptors (Lipinski definition) is 1. The second kappa shape index (κ2) is 5.39. The third kappa shape index (κ3) is 2.86. The fraction of sp³-hybridized carbons (Fsp3) is 0.250. The average Bonchev–Trinajstić information content (AvgIpc) is 2.35. The van der Waals surface area contributed by atoms with Crippen LogP contribution in [0.25, 0.3) is 0 Å². The summed E-state index contributed by atoms with van der Waals surface area (Å²) in [6.45, 7) is 0. The molecule has 0 saturated heterocycles. The van der Waals surface area contributed by atoms with E-state index in [9.17, 15) is 17.6 Å². The first-order valence-electron chi connectivity index (χ1n) is 6.69. The zero-order valence-electron chi connectivity index (χ0n) is 11.0. The molecule has 0 spiro atoms. The maximum atomic E-state index is 13.5. The Bertz CT molecular complexity index is 642.